The summed E-state index contributed by atoms with van der Waals surface area (Å²) in [5, 5.41) is 3.48. The number of nitrogens with one attached hydrogen (secondary N) is 1. The predicted octanol–water partition coefficient (Wildman–Crippen LogP) is 3.94. The Kier molecular flexibility index (Phi) is 7.99. The minimum atomic E-state index is 1.06. The second kappa shape index (κ2) is 9.21. The van der Waals surface area contributed by atoms with Gasteiger partial charge in [0.2, 0.25) is 0 Å². The standard InChI is InChI=1S/C14H28N/c1-2-3-12-15-13-8-7-11-14-9-5-4-6-10-14/h14-15H,1-13H2. The van der Waals surface area contributed by atoms with Gasteiger partial charge in [-0.1, -0.05) is 58.3 Å². The fourth-order valence-electron chi connectivity index (χ4n) is 2.53. The van der Waals surface area contributed by atoms with Crippen LogP contribution in [0.3, 0.4) is 0 Å². The highest BCUT2D eigenvalue weighted by Crippen LogP contribution is 2.27. The number of rotatable bonds is 8. The lowest BCUT2D eigenvalue weighted by atomic mass is 9.86. The quantitative estimate of drug-likeness (QED) is 0.598. The molecule has 1 aliphatic rings. The molecule has 0 aromatic carbocycles. The molecule has 1 N–H and O–H groups in total. The van der Waals surface area contributed by atoms with E-state index in [9.17, 15) is 0 Å². The Bertz CT molecular complexity index is 127. The van der Waals surface area contributed by atoms with Crippen molar-refractivity contribution in [2.24, 2.45) is 5.92 Å². The molecule has 0 unspecified atom stereocenters. The molecule has 1 radical (unpaired) electrons. The lowest BCUT2D eigenvalue weighted by Crippen LogP contribution is -2.16. The molecule has 0 spiro atoms. The van der Waals surface area contributed by atoms with E-state index >= 15 is 0 Å². The first-order valence-corrected chi connectivity index (χ1v) is 6.93. The number of unbranched alkanes of at least 4 members (excludes halogenated alkanes) is 2. The summed E-state index contributed by atoms with van der Waals surface area (Å²) in [5.74, 6) is 1.07. The van der Waals surface area contributed by atoms with Gasteiger partial charge in [-0.3, -0.25) is 0 Å². The summed E-state index contributed by atoms with van der Waals surface area (Å²) in [4.78, 5) is 0. The van der Waals surface area contributed by atoms with Crippen LogP contribution in [-0.2, 0) is 0 Å². The normalized spacial score (nSPS) is 18.2. The molecular weight excluding hydrogens is 182 g/mol. The van der Waals surface area contributed by atoms with Crippen LogP contribution in [0.5, 0.6) is 0 Å². The van der Waals surface area contributed by atoms with E-state index in [1.54, 1.807) is 0 Å². The molecule has 0 heterocycles. The van der Waals surface area contributed by atoms with E-state index in [0.29, 0.717) is 0 Å². The lowest BCUT2D eigenvalue weighted by molar-refractivity contribution is 0.329. The smallest absolute Gasteiger partial charge is 0.00489 e. The fourth-order valence-corrected chi connectivity index (χ4v) is 2.53. The largest absolute Gasteiger partial charge is 0.317 e. The molecule has 89 valence electrons. The van der Waals surface area contributed by atoms with Gasteiger partial charge in [-0.05, 0) is 31.8 Å². The molecular formula is C14H28N. The van der Waals surface area contributed by atoms with Crippen molar-refractivity contribution in [3.05, 3.63) is 6.92 Å². The Labute approximate surface area is 96.0 Å². The van der Waals surface area contributed by atoms with Gasteiger partial charge in [-0.2, -0.15) is 0 Å². The first kappa shape index (κ1) is 13.0. The average Bonchev–Trinajstić information content (AvgIpc) is 2.29. The summed E-state index contributed by atoms with van der Waals surface area (Å²) in [7, 11) is 0. The Morgan fingerprint density at radius 1 is 0.933 bits per heavy atom. The summed E-state index contributed by atoms with van der Waals surface area (Å²) in [6.07, 6.45) is 14.1. The van der Waals surface area contributed by atoms with Crippen LogP contribution >= 0.6 is 0 Å². The van der Waals surface area contributed by atoms with E-state index in [0.717, 1.165) is 18.9 Å². The molecule has 0 aromatic heterocycles. The van der Waals surface area contributed by atoms with E-state index < -0.39 is 0 Å². The van der Waals surface area contributed by atoms with Crippen molar-refractivity contribution in [1.82, 2.24) is 5.32 Å². The summed E-state index contributed by atoms with van der Waals surface area (Å²) in [5.41, 5.74) is 0. The van der Waals surface area contributed by atoms with Crippen LogP contribution in [0, 0.1) is 12.8 Å². The summed E-state index contributed by atoms with van der Waals surface area (Å²) < 4.78 is 0. The first-order chi connectivity index (χ1) is 7.43. The monoisotopic (exact) mass is 210 g/mol. The zero-order valence-corrected chi connectivity index (χ0v) is 10.3. The van der Waals surface area contributed by atoms with Crippen molar-refractivity contribution in [2.45, 2.75) is 64.2 Å². The maximum atomic E-state index is 3.84. The lowest BCUT2D eigenvalue weighted by Gasteiger charge is -2.21. The summed E-state index contributed by atoms with van der Waals surface area (Å²) >= 11 is 0. The summed E-state index contributed by atoms with van der Waals surface area (Å²) in [6, 6.07) is 0. The molecule has 1 aliphatic carbocycles. The van der Waals surface area contributed by atoms with Gasteiger partial charge >= 0.3 is 0 Å². The molecule has 15 heavy (non-hydrogen) atoms. The van der Waals surface area contributed by atoms with Crippen LogP contribution in [0.15, 0.2) is 0 Å². The molecule has 0 bridgehead atoms. The van der Waals surface area contributed by atoms with Gasteiger partial charge in [-0.15, -0.1) is 0 Å². The third kappa shape index (κ3) is 6.94. The highest BCUT2D eigenvalue weighted by atomic mass is 14.8. The maximum Gasteiger partial charge on any atom is -0.00489 e. The van der Waals surface area contributed by atoms with Crippen molar-refractivity contribution >= 4 is 0 Å². The Hall–Kier alpha value is -0.0400. The van der Waals surface area contributed by atoms with Gasteiger partial charge in [0, 0.05) is 0 Å². The van der Waals surface area contributed by atoms with Gasteiger partial charge in [0.05, 0.1) is 0 Å². The Balaban J connectivity index is 1.79. The molecule has 0 aromatic rings. The zero-order chi connectivity index (χ0) is 10.8. The number of hydrogen-bond acceptors (Lipinski definition) is 1. The van der Waals surface area contributed by atoms with Gasteiger partial charge < -0.3 is 5.32 Å². The topological polar surface area (TPSA) is 12.0 Å². The van der Waals surface area contributed by atoms with Gasteiger partial charge in [-0.25, -0.2) is 0 Å². The van der Waals surface area contributed by atoms with E-state index in [1.807, 2.05) is 0 Å². The van der Waals surface area contributed by atoms with Gasteiger partial charge in [0.1, 0.15) is 0 Å². The first-order valence-electron chi connectivity index (χ1n) is 6.93. The van der Waals surface area contributed by atoms with Gasteiger partial charge in [0.15, 0.2) is 0 Å². The molecule has 0 saturated heterocycles. The third-order valence-electron chi connectivity index (χ3n) is 3.54. The highest BCUT2D eigenvalue weighted by molar-refractivity contribution is 4.65. The fraction of sp³-hybridized carbons (Fsp3) is 0.929. The maximum absolute atomic E-state index is 3.84. The van der Waals surface area contributed by atoms with Crippen LogP contribution < -0.4 is 5.32 Å². The highest BCUT2D eigenvalue weighted by Gasteiger charge is 2.12. The SMILES string of the molecule is [CH2]CCCNCCCCC1CCCCC1. The Morgan fingerprint density at radius 3 is 2.40 bits per heavy atom. The van der Waals surface area contributed by atoms with Crippen molar-refractivity contribution < 1.29 is 0 Å². The van der Waals surface area contributed by atoms with E-state index in [4.69, 9.17) is 0 Å². The van der Waals surface area contributed by atoms with Crippen molar-refractivity contribution in [3.63, 3.8) is 0 Å². The molecule has 1 heteroatoms. The van der Waals surface area contributed by atoms with Gasteiger partial charge in [0.25, 0.3) is 0 Å². The third-order valence-corrected chi connectivity index (χ3v) is 3.54. The molecule has 1 rings (SSSR count). The van der Waals surface area contributed by atoms with Crippen LogP contribution in [-0.4, -0.2) is 13.1 Å². The molecule has 0 atom stereocenters. The molecule has 0 aliphatic heterocycles. The Morgan fingerprint density at radius 2 is 1.67 bits per heavy atom. The van der Waals surface area contributed by atoms with E-state index in [2.05, 4.69) is 12.2 Å². The predicted molar refractivity (Wildman–Crippen MR) is 67.9 cm³/mol. The minimum absolute atomic E-state index is 1.06. The van der Waals surface area contributed by atoms with Crippen molar-refractivity contribution in [3.8, 4) is 0 Å². The molecule has 1 saturated carbocycles. The molecule has 1 fully saturated rings. The molecule has 0 amide bonds. The zero-order valence-electron chi connectivity index (χ0n) is 10.3. The van der Waals surface area contributed by atoms with Crippen LogP contribution in [0.25, 0.3) is 0 Å². The average molecular weight is 210 g/mol. The van der Waals surface area contributed by atoms with Crippen LogP contribution in [0.4, 0.5) is 0 Å². The van der Waals surface area contributed by atoms with Crippen molar-refractivity contribution in [1.29, 1.82) is 0 Å². The van der Waals surface area contributed by atoms with Crippen LogP contribution in [0.2, 0.25) is 0 Å². The van der Waals surface area contributed by atoms with E-state index in [-0.39, 0.29) is 0 Å². The minimum Gasteiger partial charge on any atom is -0.317 e. The second-order valence-corrected chi connectivity index (χ2v) is 4.96. The van der Waals surface area contributed by atoms with Crippen LogP contribution in [0.1, 0.15) is 64.2 Å². The van der Waals surface area contributed by atoms with E-state index in [1.165, 1.54) is 64.3 Å². The number of hydrogen-bond donors (Lipinski definition) is 1. The van der Waals surface area contributed by atoms with Crippen molar-refractivity contribution in [2.75, 3.05) is 13.1 Å². The summed E-state index contributed by atoms with van der Waals surface area (Å²) in [6.45, 7) is 6.22. The molecule has 1 nitrogen and oxygen atoms in total. The second-order valence-electron chi connectivity index (χ2n) is 4.96.